The van der Waals surface area contributed by atoms with Gasteiger partial charge in [-0.1, -0.05) is 20.8 Å². The maximum atomic E-state index is 12.4. The molecule has 0 aromatic carbocycles. The predicted molar refractivity (Wildman–Crippen MR) is 71.8 cm³/mol. The summed E-state index contributed by atoms with van der Waals surface area (Å²) in [5.41, 5.74) is 0. The van der Waals surface area contributed by atoms with Crippen molar-refractivity contribution in [3.05, 3.63) is 0 Å². The fourth-order valence-electron chi connectivity index (χ4n) is 2.49. The Kier molecular flexibility index (Phi) is 5.61. The van der Waals surface area contributed by atoms with Crippen molar-refractivity contribution in [2.45, 2.75) is 39.7 Å². The summed E-state index contributed by atoms with van der Waals surface area (Å²) >= 11 is 0. The van der Waals surface area contributed by atoms with Crippen molar-refractivity contribution in [3.8, 4) is 6.07 Å². The summed E-state index contributed by atoms with van der Waals surface area (Å²) in [6, 6.07) is 1.88. The lowest BCUT2D eigenvalue weighted by atomic mass is 10.1. The van der Waals surface area contributed by atoms with Crippen LogP contribution < -0.4 is 0 Å². The molecule has 1 fully saturated rings. The van der Waals surface area contributed by atoms with Gasteiger partial charge in [0.1, 0.15) is 6.04 Å². The van der Waals surface area contributed by atoms with E-state index in [0.717, 1.165) is 26.1 Å². The molecule has 0 N–H and O–H groups in total. The summed E-state index contributed by atoms with van der Waals surface area (Å²) in [6.45, 7) is 9.03. The maximum absolute atomic E-state index is 12.4. The zero-order chi connectivity index (χ0) is 13.7. The molecule has 1 saturated heterocycles. The normalized spacial score (nSPS) is 26.2. The zero-order valence-corrected chi connectivity index (χ0v) is 12.0. The van der Waals surface area contributed by atoms with Gasteiger partial charge < -0.3 is 4.90 Å². The molecule has 1 amide bonds. The minimum absolute atomic E-state index is 0.129. The molecule has 1 heterocycles. The van der Waals surface area contributed by atoms with Crippen LogP contribution in [0.2, 0.25) is 0 Å². The fraction of sp³-hybridized carbons (Fsp3) is 0.857. The number of likely N-dealkylation sites (N-methyl/N-ethyl adjacent to an activating group) is 1. The lowest BCUT2D eigenvalue weighted by molar-refractivity contribution is -0.135. The number of rotatable bonds is 4. The monoisotopic (exact) mass is 251 g/mol. The van der Waals surface area contributed by atoms with E-state index >= 15 is 0 Å². The Bertz CT molecular complexity index is 321. The molecule has 0 spiro atoms. The SMILES string of the molecule is CC(C)CCN1CC(C)CN(C)C(CC#N)C1=O. The van der Waals surface area contributed by atoms with E-state index in [4.69, 9.17) is 5.26 Å². The maximum Gasteiger partial charge on any atom is 0.240 e. The van der Waals surface area contributed by atoms with Crippen LogP contribution in [0.4, 0.5) is 0 Å². The molecule has 4 nitrogen and oxygen atoms in total. The Morgan fingerprint density at radius 2 is 2.11 bits per heavy atom. The summed E-state index contributed by atoms with van der Waals surface area (Å²) in [4.78, 5) is 16.4. The molecule has 2 atom stereocenters. The van der Waals surface area contributed by atoms with E-state index in [9.17, 15) is 4.79 Å². The van der Waals surface area contributed by atoms with Gasteiger partial charge in [0.2, 0.25) is 5.91 Å². The van der Waals surface area contributed by atoms with Crippen LogP contribution in [0.15, 0.2) is 0 Å². The average molecular weight is 251 g/mol. The quantitative estimate of drug-likeness (QED) is 0.764. The standard InChI is InChI=1S/C14H25N3O/c1-11(2)6-8-17-10-12(3)9-16(4)13(5-7-15)14(17)18/h11-13H,5-6,8-10H2,1-4H3. The second-order valence-corrected chi connectivity index (χ2v) is 5.89. The van der Waals surface area contributed by atoms with E-state index in [2.05, 4.69) is 26.8 Å². The number of nitrogens with zero attached hydrogens (tertiary/aromatic N) is 3. The molecule has 0 aliphatic carbocycles. The van der Waals surface area contributed by atoms with Crippen LogP contribution in [0, 0.1) is 23.2 Å². The molecule has 4 heteroatoms. The molecular formula is C14H25N3O. The Morgan fingerprint density at radius 3 is 2.67 bits per heavy atom. The molecule has 1 aliphatic heterocycles. The number of carbonyl (C=O) groups is 1. The van der Waals surface area contributed by atoms with E-state index in [1.165, 1.54) is 0 Å². The summed E-state index contributed by atoms with van der Waals surface area (Å²) in [7, 11) is 1.95. The predicted octanol–water partition coefficient (Wildman–Crippen LogP) is 1.72. The van der Waals surface area contributed by atoms with Gasteiger partial charge in [0, 0.05) is 19.6 Å². The molecule has 0 aromatic heterocycles. The Hall–Kier alpha value is -1.08. The van der Waals surface area contributed by atoms with E-state index in [1.807, 2.05) is 16.8 Å². The molecule has 0 saturated carbocycles. The molecule has 0 bridgehead atoms. The first-order chi connectivity index (χ1) is 8.45. The largest absolute Gasteiger partial charge is 0.341 e. The highest BCUT2D eigenvalue weighted by molar-refractivity contribution is 5.82. The summed E-state index contributed by atoms with van der Waals surface area (Å²) in [6.07, 6.45) is 1.32. The third-order valence-electron chi connectivity index (χ3n) is 3.52. The van der Waals surface area contributed by atoms with Gasteiger partial charge in [0.15, 0.2) is 0 Å². The lowest BCUT2D eigenvalue weighted by Crippen LogP contribution is -2.44. The molecule has 1 rings (SSSR count). The second kappa shape index (κ2) is 6.75. The summed E-state index contributed by atoms with van der Waals surface area (Å²) < 4.78 is 0. The van der Waals surface area contributed by atoms with Crippen LogP contribution in [-0.2, 0) is 4.79 Å². The number of hydrogen-bond acceptors (Lipinski definition) is 3. The van der Waals surface area contributed by atoms with E-state index in [1.54, 1.807) is 0 Å². The molecule has 2 unspecified atom stereocenters. The Morgan fingerprint density at radius 1 is 1.44 bits per heavy atom. The second-order valence-electron chi connectivity index (χ2n) is 5.89. The van der Waals surface area contributed by atoms with Gasteiger partial charge in [-0.2, -0.15) is 5.26 Å². The first-order valence-corrected chi connectivity index (χ1v) is 6.81. The van der Waals surface area contributed by atoms with Crippen molar-refractivity contribution in [2.75, 3.05) is 26.7 Å². The van der Waals surface area contributed by atoms with Crippen LogP contribution in [0.3, 0.4) is 0 Å². The number of amides is 1. The third kappa shape index (κ3) is 3.99. The van der Waals surface area contributed by atoms with Crippen LogP contribution >= 0.6 is 0 Å². The highest BCUT2D eigenvalue weighted by atomic mass is 16.2. The number of carbonyl (C=O) groups excluding carboxylic acids is 1. The molecule has 0 aromatic rings. The third-order valence-corrected chi connectivity index (χ3v) is 3.52. The van der Waals surface area contributed by atoms with Gasteiger partial charge in [0.25, 0.3) is 0 Å². The van der Waals surface area contributed by atoms with Gasteiger partial charge in [-0.3, -0.25) is 9.69 Å². The fourth-order valence-corrected chi connectivity index (χ4v) is 2.49. The molecular weight excluding hydrogens is 226 g/mol. The Balaban J connectivity index is 2.76. The van der Waals surface area contributed by atoms with Gasteiger partial charge in [-0.25, -0.2) is 0 Å². The van der Waals surface area contributed by atoms with Gasteiger partial charge in [-0.15, -0.1) is 0 Å². The summed E-state index contributed by atoms with van der Waals surface area (Å²) in [5, 5.41) is 8.87. The first-order valence-electron chi connectivity index (χ1n) is 6.81. The van der Waals surface area contributed by atoms with Crippen molar-refractivity contribution >= 4 is 5.91 Å². The van der Waals surface area contributed by atoms with Crippen molar-refractivity contribution in [1.82, 2.24) is 9.80 Å². The van der Waals surface area contributed by atoms with Crippen LogP contribution in [0.1, 0.15) is 33.6 Å². The van der Waals surface area contributed by atoms with E-state index in [0.29, 0.717) is 18.3 Å². The highest BCUT2D eigenvalue weighted by Gasteiger charge is 2.32. The molecule has 18 heavy (non-hydrogen) atoms. The topological polar surface area (TPSA) is 47.3 Å². The van der Waals surface area contributed by atoms with Crippen molar-refractivity contribution in [1.29, 1.82) is 5.26 Å². The molecule has 1 aliphatic rings. The Labute approximate surface area is 111 Å². The van der Waals surface area contributed by atoms with E-state index < -0.39 is 0 Å². The summed E-state index contributed by atoms with van der Waals surface area (Å²) in [5.74, 6) is 1.20. The number of nitriles is 1. The lowest BCUT2D eigenvalue weighted by Gasteiger charge is -2.27. The van der Waals surface area contributed by atoms with Crippen LogP contribution in [-0.4, -0.2) is 48.4 Å². The van der Waals surface area contributed by atoms with Crippen molar-refractivity contribution in [3.63, 3.8) is 0 Å². The minimum Gasteiger partial charge on any atom is -0.341 e. The molecule has 102 valence electrons. The van der Waals surface area contributed by atoms with Gasteiger partial charge >= 0.3 is 0 Å². The molecule has 0 radical (unpaired) electrons. The van der Waals surface area contributed by atoms with E-state index in [-0.39, 0.29) is 11.9 Å². The van der Waals surface area contributed by atoms with Crippen LogP contribution in [0.5, 0.6) is 0 Å². The zero-order valence-electron chi connectivity index (χ0n) is 12.0. The highest BCUT2D eigenvalue weighted by Crippen LogP contribution is 2.17. The van der Waals surface area contributed by atoms with Crippen molar-refractivity contribution in [2.24, 2.45) is 11.8 Å². The number of hydrogen-bond donors (Lipinski definition) is 0. The van der Waals surface area contributed by atoms with Gasteiger partial charge in [0.05, 0.1) is 12.5 Å². The minimum atomic E-state index is -0.257. The average Bonchev–Trinajstić information content (AvgIpc) is 2.38. The smallest absolute Gasteiger partial charge is 0.240 e. The first kappa shape index (κ1) is 15.0. The van der Waals surface area contributed by atoms with Crippen LogP contribution in [0.25, 0.3) is 0 Å². The van der Waals surface area contributed by atoms with Crippen molar-refractivity contribution < 1.29 is 4.79 Å². The van der Waals surface area contributed by atoms with Gasteiger partial charge in [-0.05, 0) is 25.3 Å².